The normalized spacial score (nSPS) is 14.6. The van der Waals surface area contributed by atoms with Crippen LogP contribution in [-0.2, 0) is 38.4 Å². The Kier molecular flexibility index (Phi) is 11.6. The van der Waals surface area contributed by atoms with E-state index in [9.17, 15) is 24.3 Å². The first kappa shape index (κ1) is 31.0. The summed E-state index contributed by atoms with van der Waals surface area (Å²) < 4.78 is 0. The highest BCUT2D eigenvalue weighted by Gasteiger charge is 2.31. The molecule has 1 heterocycles. The molecule has 218 valence electrons. The van der Waals surface area contributed by atoms with E-state index in [0.717, 1.165) is 11.1 Å². The maximum atomic E-state index is 13.6. The number of carbonyl (C=O) groups excluding carboxylic acids is 3. The van der Waals surface area contributed by atoms with Gasteiger partial charge in [-0.05, 0) is 17.0 Å². The number of hydrogen-bond acceptors (Lipinski definition) is 6. The van der Waals surface area contributed by atoms with Gasteiger partial charge in [0.25, 0.3) is 0 Å². The Balaban J connectivity index is 1.81. The molecule has 0 aliphatic rings. The molecule has 3 rings (SSSR count). The number of carboxylic acid groups (broad SMARTS) is 1. The van der Waals surface area contributed by atoms with Crippen LogP contribution in [-0.4, -0.2) is 62.9 Å². The fourth-order valence-corrected chi connectivity index (χ4v) is 4.26. The van der Waals surface area contributed by atoms with Crippen LogP contribution in [0.25, 0.3) is 0 Å². The van der Waals surface area contributed by atoms with E-state index < -0.39 is 47.9 Å². The van der Waals surface area contributed by atoms with Gasteiger partial charge in [-0.1, -0.05) is 80.9 Å². The van der Waals surface area contributed by atoms with Crippen LogP contribution >= 0.6 is 0 Å². The molecule has 0 aliphatic heterocycles. The van der Waals surface area contributed by atoms with Crippen LogP contribution in [0.2, 0.25) is 0 Å². The molecule has 11 heteroatoms. The number of imidazole rings is 1. The number of H-pyrrole nitrogens is 1. The Morgan fingerprint density at radius 1 is 0.805 bits per heavy atom. The molecule has 5 unspecified atom stereocenters. The van der Waals surface area contributed by atoms with Crippen molar-refractivity contribution in [3.05, 3.63) is 90.0 Å². The number of aliphatic carboxylic acids is 1. The van der Waals surface area contributed by atoms with Crippen LogP contribution in [0.1, 0.15) is 37.1 Å². The van der Waals surface area contributed by atoms with Gasteiger partial charge in [-0.3, -0.25) is 14.4 Å². The van der Waals surface area contributed by atoms with Gasteiger partial charge in [-0.2, -0.15) is 0 Å². The SMILES string of the molecule is CCC(C)C(N)C(=O)NC(Cc1ccccc1)C(=O)NC(Cc1cnc[nH]1)C(=O)NC(Cc1ccccc1)C(=O)O. The van der Waals surface area contributed by atoms with E-state index >= 15 is 0 Å². The maximum Gasteiger partial charge on any atom is 0.326 e. The molecule has 11 nitrogen and oxygen atoms in total. The van der Waals surface area contributed by atoms with Gasteiger partial charge in [0.05, 0.1) is 12.4 Å². The Bertz CT molecular complexity index is 1270. The molecule has 0 aliphatic carbocycles. The van der Waals surface area contributed by atoms with Gasteiger partial charge in [-0.25, -0.2) is 9.78 Å². The lowest BCUT2D eigenvalue weighted by atomic mass is 9.98. The lowest BCUT2D eigenvalue weighted by Gasteiger charge is -2.26. The highest BCUT2D eigenvalue weighted by molar-refractivity contribution is 5.94. The first-order valence-electron chi connectivity index (χ1n) is 13.6. The standard InChI is InChI=1S/C30H38N6O5/c1-3-19(2)26(31)29(39)35-23(14-20-10-6-4-7-11-20)27(37)34-24(16-22-17-32-18-33-22)28(38)36-25(30(40)41)15-21-12-8-5-9-13-21/h4-13,17-19,23-26H,3,14-16,31H2,1-2H3,(H,32,33)(H,34,37)(H,35,39)(H,36,38)(H,40,41). The minimum Gasteiger partial charge on any atom is -0.480 e. The van der Waals surface area contributed by atoms with Crippen LogP contribution < -0.4 is 21.7 Å². The number of nitrogens with two attached hydrogens (primary N) is 1. The number of rotatable bonds is 15. The number of aromatic amines is 1. The van der Waals surface area contributed by atoms with Crippen LogP contribution in [0.5, 0.6) is 0 Å². The zero-order valence-corrected chi connectivity index (χ0v) is 23.2. The Labute approximate surface area is 239 Å². The molecule has 3 aromatic rings. The lowest BCUT2D eigenvalue weighted by Crippen LogP contribution is -2.58. The van der Waals surface area contributed by atoms with Crippen molar-refractivity contribution in [2.24, 2.45) is 11.7 Å². The average molecular weight is 563 g/mol. The summed E-state index contributed by atoms with van der Waals surface area (Å²) in [6, 6.07) is 13.8. The summed E-state index contributed by atoms with van der Waals surface area (Å²) in [6.45, 7) is 3.78. The first-order valence-corrected chi connectivity index (χ1v) is 13.6. The third-order valence-electron chi connectivity index (χ3n) is 6.98. The molecule has 7 N–H and O–H groups in total. The molecule has 0 spiro atoms. The van der Waals surface area contributed by atoms with Gasteiger partial charge in [-0.15, -0.1) is 0 Å². The van der Waals surface area contributed by atoms with Crippen molar-refractivity contribution in [1.82, 2.24) is 25.9 Å². The van der Waals surface area contributed by atoms with Crippen molar-refractivity contribution < 1.29 is 24.3 Å². The van der Waals surface area contributed by atoms with Gasteiger partial charge < -0.3 is 31.8 Å². The third kappa shape index (κ3) is 9.57. The molecule has 0 saturated carbocycles. The second kappa shape index (κ2) is 15.3. The Morgan fingerprint density at radius 2 is 1.29 bits per heavy atom. The molecule has 0 saturated heterocycles. The van der Waals surface area contributed by atoms with Crippen molar-refractivity contribution in [3.63, 3.8) is 0 Å². The van der Waals surface area contributed by atoms with E-state index in [0.29, 0.717) is 12.1 Å². The predicted molar refractivity (Wildman–Crippen MR) is 153 cm³/mol. The van der Waals surface area contributed by atoms with Crippen LogP contribution in [0.15, 0.2) is 73.2 Å². The van der Waals surface area contributed by atoms with Crippen molar-refractivity contribution in [1.29, 1.82) is 0 Å². The van der Waals surface area contributed by atoms with Crippen LogP contribution in [0.4, 0.5) is 0 Å². The number of nitrogens with zero attached hydrogens (tertiary/aromatic N) is 1. The number of amides is 3. The van der Waals surface area contributed by atoms with E-state index in [1.807, 2.05) is 50.2 Å². The highest BCUT2D eigenvalue weighted by Crippen LogP contribution is 2.10. The molecular formula is C30H38N6O5. The van der Waals surface area contributed by atoms with E-state index in [1.165, 1.54) is 12.5 Å². The second-order valence-electron chi connectivity index (χ2n) is 10.1. The van der Waals surface area contributed by atoms with E-state index in [4.69, 9.17) is 5.73 Å². The predicted octanol–water partition coefficient (Wildman–Crippen LogP) is 1.35. The Morgan fingerprint density at radius 3 is 1.78 bits per heavy atom. The van der Waals surface area contributed by atoms with E-state index in [-0.39, 0.29) is 25.2 Å². The van der Waals surface area contributed by atoms with E-state index in [1.54, 1.807) is 24.3 Å². The summed E-state index contributed by atoms with van der Waals surface area (Å²) in [5.74, 6) is -3.07. The fourth-order valence-electron chi connectivity index (χ4n) is 4.26. The molecular weight excluding hydrogens is 524 g/mol. The zero-order valence-electron chi connectivity index (χ0n) is 23.2. The second-order valence-corrected chi connectivity index (χ2v) is 10.1. The lowest BCUT2D eigenvalue weighted by molar-refractivity contribution is -0.142. The van der Waals surface area contributed by atoms with Crippen molar-refractivity contribution >= 4 is 23.7 Å². The molecule has 0 fully saturated rings. The van der Waals surface area contributed by atoms with Gasteiger partial charge >= 0.3 is 5.97 Å². The summed E-state index contributed by atoms with van der Waals surface area (Å²) in [4.78, 5) is 58.8. The van der Waals surface area contributed by atoms with Crippen molar-refractivity contribution in [2.45, 2.75) is 63.7 Å². The molecule has 41 heavy (non-hydrogen) atoms. The quantitative estimate of drug-likeness (QED) is 0.162. The number of hydrogen-bond donors (Lipinski definition) is 6. The number of benzene rings is 2. The summed E-state index contributed by atoms with van der Waals surface area (Å²) in [6.07, 6.45) is 3.89. The van der Waals surface area contributed by atoms with Crippen LogP contribution in [0.3, 0.4) is 0 Å². The number of carboxylic acids is 1. The summed E-state index contributed by atoms with van der Waals surface area (Å²) >= 11 is 0. The number of nitrogens with one attached hydrogen (secondary N) is 4. The first-order chi connectivity index (χ1) is 19.7. The molecule has 5 atom stereocenters. The van der Waals surface area contributed by atoms with Crippen molar-refractivity contribution in [3.8, 4) is 0 Å². The van der Waals surface area contributed by atoms with Gasteiger partial charge in [0.2, 0.25) is 17.7 Å². The summed E-state index contributed by atoms with van der Waals surface area (Å²) in [5, 5.41) is 17.8. The van der Waals surface area contributed by atoms with Crippen molar-refractivity contribution in [2.75, 3.05) is 0 Å². The zero-order chi connectivity index (χ0) is 29.8. The molecule has 3 amide bonds. The van der Waals surface area contributed by atoms with Gasteiger partial charge in [0.15, 0.2) is 0 Å². The highest BCUT2D eigenvalue weighted by atomic mass is 16.4. The number of aromatic nitrogens is 2. The summed E-state index contributed by atoms with van der Waals surface area (Å²) in [5.41, 5.74) is 8.22. The molecule has 1 aromatic heterocycles. The largest absolute Gasteiger partial charge is 0.480 e. The summed E-state index contributed by atoms with van der Waals surface area (Å²) in [7, 11) is 0. The Hall–Kier alpha value is -4.51. The topological polar surface area (TPSA) is 179 Å². The third-order valence-corrected chi connectivity index (χ3v) is 6.98. The molecule has 0 bridgehead atoms. The maximum absolute atomic E-state index is 13.6. The van der Waals surface area contributed by atoms with Gasteiger partial charge in [0, 0.05) is 31.2 Å². The van der Waals surface area contributed by atoms with Gasteiger partial charge in [0.1, 0.15) is 18.1 Å². The minimum atomic E-state index is -1.22. The minimum absolute atomic E-state index is 0.0215. The molecule has 2 aromatic carbocycles. The van der Waals surface area contributed by atoms with E-state index in [2.05, 4.69) is 25.9 Å². The monoisotopic (exact) mass is 562 g/mol. The smallest absolute Gasteiger partial charge is 0.326 e. The van der Waals surface area contributed by atoms with Crippen LogP contribution in [0, 0.1) is 5.92 Å². The fraction of sp³-hybridized carbons (Fsp3) is 0.367. The molecule has 0 radical (unpaired) electrons. The number of carbonyl (C=O) groups is 4. The average Bonchev–Trinajstić information content (AvgIpc) is 3.49.